The molecule has 1 atom stereocenters. The number of anilines is 1. The first-order valence-corrected chi connectivity index (χ1v) is 7.82. The van der Waals surface area contributed by atoms with Crippen molar-refractivity contribution in [2.45, 2.75) is 25.3 Å². The number of nitrogens with zero attached hydrogens (tertiary/aromatic N) is 1. The Hall–Kier alpha value is -2.83. The van der Waals surface area contributed by atoms with Gasteiger partial charge in [0.2, 0.25) is 0 Å². The van der Waals surface area contributed by atoms with Crippen LogP contribution in [-0.2, 0) is 9.53 Å². The SMILES string of the molecule is CCCCNC(=O)C1(N(C(=O)OC)c2ccc[nH]2)C=CC=CC1=N. The second-order valence-corrected chi connectivity index (χ2v) is 5.37. The summed E-state index contributed by atoms with van der Waals surface area (Å²) < 4.78 is 4.87. The number of carbonyl (C=O) groups excluding carboxylic acids is 2. The molecule has 3 N–H and O–H groups in total. The first-order chi connectivity index (χ1) is 11.6. The molecule has 1 aliphatic rings. The number of methoxy groups -OCH3 is 1. The Morgan fingerprint density at radius 1 is 1.42 bits per heavy atom. The highest BCUT2D eigenvalue weighted by Crippen LogP contribution is 2.29. The molecule has 1 aromatic rings. The molecular formula is C17H22N4O3. The van der Waals surface area contributed by atoms with Crippen LogP contribution < -0.4 is 10.2 Å². The van der Waals surface area contributed by atoms with Crippen molar-refractivity contribution < 1.29 is 14.3 Å². The zero-order chi connectivity index (χ0) is 17.6. The number of unbranched alkanes of at least 4 members (excludes halogenated alkanes) is 1. The third-order valence-corrected chi connectivity index (χ3v) is 3.82. The number of amides is 2. The number of aromatic nitrogens is 1. The molecule has 0 spiro atoms. The van der Waals surface area contributed by atoms with Crippen molar-refractivity contribution >= 4 is 23.5 Å². The van der Waals surface area contributed by atoms with Gasteiger partial charge in [-0.25, -0.2) is 9.69 Å². The molecule has 1 heterocycles. The minimum absolute atomic E-state index is 0.0148. The lowest BCUT2D eigenvalue weighted by molar-refractivity contribution is -0.122. The molecule has 24 heavy (non-hydrogen) atoms. The number of aromatic amines is 1. The number of H-pyrrole nitrogens is 1. The summed E-state index contributed by atoms with van der Waals surface area (Å²) in [4.78, 5) is 29.5. The van der Waals surface area contributed by atoms with Crippen LogP contribution in [0.3, 0.4) is 0 Å². The fourth-order valence-corrected chi connectivity index (χ4v) is 2.55. The number of rotatable bonds is 6. The van der Waals surface area contributed by atoms with Gasteiger partial charge in [0.15, 0.2) is 5.54 Å². The highest BCUT2D eigenvalue weighted by molar-refractivity contribution is 6.25. The summed E-state index contributed by atoms with van der Waals surface area (Å²) in [6.07, 6.45) is 8.99. The molecule has 0 fully saturated rings. The molecule has 0 bridgehead atoms. The van der Waals surface area contributed by atoms with Crippen molar-refractivity contribution in [2.75, 3.05) is 18.6 Å². The number of nitrogens with one attached hydrogen (secondary N) is 3. The normalized spacial score (nSPS) is 19.2. The second-order valence-electron chi connectivity index (χ2n) is 5.37. The molecule has 128 valence electrons. The standard InChI is InChI=1S/C17H22N4O3/c1-3-4-11-20-15(22)17(10-6-5-8-13(17)18)21(16(23)24-2)14-9-7-12-19-14/h5-10,12,18-19H,3-4,11H2,1-2H3,(H,20,22). The topological polar surface area (TPSA) is 98.3 Å². The van der Waals surface area contributed by atoms with E-state index in [0.29, 0.717) is 12.4 Å². The zero-order valence-corrected chi connectivity index (χ0v) is 13.8. The Kier molecular flexibility index (Phi) is 5.57. The fourth-order valence-electron chi connectivity index (χ4n) is 2.55. The maximum Gasteiger partial charge on any atom is 0.416 e. The van der Waals surface area contributed by atoms with E-state index in [1.54, 1.807) is 30.5 Å². The minimum Gasteiger partial charge on any atom is -0.452 e. The van der Waals surface area contributed by atoms with Gasteiger partial charge in [0, 0.05) is 12.7 Å². The van der Waals surface area contributed by atoms with Crippen LogP contribution in [0.15, 0.2) is 42.6 Å². The molecule has 2 amide bonds. The van der Waals surface area contributed by atoms with Gasteiger partial charge in [-0.05, 0) is 30.7 Å². The first-order valence-electron chi connectivity index (χ1n) is 7.82. The Morgan fingerprint density at radius 2 is 2.21 bits per heavy atom. The van der Waals surface area contributed by atoms with Gasteiger partial charge in [0.05, 0.1) is 12.8 Å². The van der Waals surface area contributed by atoms with Gasteiger partial charge in [-0.15, -0.1) is 0 Å². The summed E-state index contributed by atoms with van der Waals surface area (Å²) in [5.74, 6) is -0.0706. The molecule has 0 aliphatic heterocycles. The van der Waals surface area contributed by atoms with E-state index < -0.39 is 17.5 Å². The Bertz CT molecular complexity index is 663. The molecule has 2 rings (SSSR count). The number of allylic oxidation sites excluding steroid dienone is 2. The van der Waals surface area contributed by atoms with Crippen molar-refractivity contribution in [3.63, 3.8) is 0 Å². The van der Waals surface area contributed by atoms with E-state index in [1.807, 2.05) is 6.92 Å². The average Bonchev–Trinajstić information content (AvgIpc) is 3.10. The number of hydrogen-bond donors (Lipinski definition) is 3. The third kappa shape index (κ3) is 3.10. The number of ether oxygens (including phenoxy) is 1. The molecule has 0 saturated heterocycles. The van der Waals surface area contributed by atoms with E-state index in [1.165, 1.54) is 19.3 Å². The monoisotopic (exact) mass is 330 g/mol. The van der Waals surface area contributed by atoms with Gasteiger partial charge < -0.3 is 20.4 Å². The lowest BCUT2D eigenvalue weighted by Gasteiger charge is -2.39. The maximum absolute atomic E-state index is 13.0. The van der Waals surface area contributed by atoms with Crippen molar-refractivity contribution in [2.24, 2.45) is 0 Å². The van der Waals surface area contributed by atoms with Crippen LogP contribution in [0.5, 0.6) is 0 Å². The van der Waals surface area contributed by atoms with Crippen molar-refractivity contribution in [1.29, 1.82) is 5.41 Å². The molecule has 1 unspecified atom stereocenters. The molecule has 7 heteroatoms. The third-order valence-electron chi connectivity index (χ3n) is 3.82. The van der Waals surface area contributed by atoms with Crippen molar-refractivity contribution in [3.05, 3.63) is 42.6 Å². The minimum atomic E-state index is -1.60. The van der Waals surface area contributed by atoms with Crippen LogP contribution in [-0.4, -0.2) is 41.9 Å². The second kappa shape index (κ2) is 7.63. The predicted octanol–water partition coefficient (Wildman–Crippen LogP) is 2.39. The Morgan fingerprint density at radius 3 is 2.79 bits per heavy atom. The van der Waals surface area contributed by atoms with Crippen LogP contribution in [0, 0.1) is 5.41 Å². The van der Waals surface area contributed by atoms with E-state index in [4.69, 9.17) is 10.1 Å². The zero-order valence-electron chi connectivity index (χ0n) is 13.8. The van der Waals surface area contributed by atoms with Crippen LogP contribution in [0.4, 0.5) is 10.6 Å². The van der Waals surface area contributed by atoms with E-state index in [2.05, 4.69) is 10.3 Å². The smallest absolute Gasteiger partial charge is 0.416 e. The van der Waals surface area contributed by atoms with Crippen LogP contribution in [0.2, 0.25) is 0 Å². The molecular weight excluding hydrogens is 308 g/mol. The first kappa shape index (κ1) is 17.5. The van der Waals surface area contributed by atoms with Crippen LogP contribution >= 0.6 is 0 Å². The van der Waals surface area contributed by atoms with Gasteiger partial charge >= 0.3 is 6.09 Å². The van der Waals surface area contributed by atoms with E-state index in [-0.39, 0.29) is 5.71 Å². The molecule has 1 aliphatic carbocycles. The van der Waals surface area contributed by atoms with Gasteiger partial charge in [-0.3, -0.25) is 4.79 Å². The van der Waals surface area contributed by atoms with Crippen LogP contribution in [0.25, 0.3) is 0 Å². The lowest BCUT2D eigenvalue weighted by Crippen LogP contribution is -2.64. The summed E-state index contributed by atoms with van der Waals surface area (Å²) in [6, 6.07) is 3.36. The van der Waals surface area contributed by atoms with Gasteiger partial charge in [-0.1, -0.05) is 25.5 Å². The summed E-state index contributed by atoms with van der Waals surface area (Å²) in [5.41, 5.74) is -1.61. The highest BCUT2D eigenvalue weighted by Gasteiger charge is 2.50. The summed E-state index contributed by atoms with van der Waals surface area (Å²) >= 11 is 0. The Labute approximate surface area is 140 Å². The highest BCUT2D eigenvalue weighted by atomic mass is 16.5. The van der Waals surface area contributed by atoms with Gasteiger partial charge in [-0.2, -0.15) is 0 Å². The number of carbonyl (C=O) groups is 2. The fraction of sp³-hybridized carbons (Fsp3) is 0.353. The summed E-state index contributed by atoms with van der Waals surface area (Å²) in [7, 11) is 1.24. The van der Waals surface area contributed by atoms with Crippen molar-refractivity contribution in [3.8, 4) is 0 Å². The van der Waals surface area contributed by atoms with E-state index in [0.717, 1.165) is 17.7 Å². The van der Waals surface area contributed by atoms with E-state index in [9.17, 15) is 9.59 Å². The molecule has 0 radical (unpaired) electrons. The molecule has 0 aromatic carbocycles. The molecule has 1 aromatic heterocycles. The maximum atomic E-state index is 13.0. The van der Waals surface area contributed by atoms with Crippen LogP contribution in [0.1, 0.15) is 19.8 Å². The quantitative estimate of drug-likeness (QED) is 0.698. The van der Waals surface area contributed by atoms with E-state index >= 15 is 0 Å². The van der Waals surface area contributed by atoms with Crippen molar-refractivity contribution in [1.82, 2.24) is 10.3 Å². The summed E-state index contributed by atoms with van der Waals surface area (Å²) in [6.45, 7) is 2.49. The van der Waals surface area contributed by atoms with Gasteiger partial charge in [0.1, 0.15) is 5.82 Å². The average molecular weight is 330 g/mol. The molecule has 0 saturated carbocycles. The Balaban J connectivity index is 2.49. The summed E-state index contributed by atoms with van der Waals surface area (Å²) in [5, 5.41) is 11.2. The lowest BCUT2D eigenvalue weighted by atomic mass is 9.86. The van der Waals surface area contributed by atoms with Gasteiger partial charge in [0.25, 0.3) is 5.91 Å². The largest absolute Gasteiger partial charge is 0.452 e. The molecule has 7 nitrogen and oxygen atoms in total. The predicted molar refractivity (Wildman–Crippen MR) is 92.3 cm³/mol. The number of hydrogen-bond acceptors (Lipinski definition) is 4.